The van der Waals surface area contributed by atoms with Crippen LogP contribution in [-0.4, -0.2) is 43.6 Å². The molecule has 44 heavy (non-hydrogen) atoms. The highest BCUT2D eigenvalue weighted by Gasteiger charge is 2.36. The predicted octanol–water partition coefficient (Wildman–Crippen LogP) is 9.10. The third-order valence-electron chi connectivity index (χ3n) is 7.94. The topological polar surface area (TPSA) is 134 Å². The van der Waals surface area contributed by atoms with Crippen LogP contribution in [0.3, 0.4) is 0 Å². The fourth-order valence-corrected chi connectivity index (χ4v) is 4.98. The van der Waals surface area contributed by atoms with Gasteiger partial charge in [-0.25, -0.2) is 0 Å². The van der Waals surface area contributed by atoms with Crippen LogP contribution in [0.4, 0.5) is 0 Å². The van der Waals surface area contributed by atoms with E-state index in [1.807, 2.05) is 34.6 Å². The molecular weight excluding hydrogens is 560 g/mol. The Morgan fingerprint density at radius 1 is 0.818 bits per heavy atom. The Bertz CT molecular complexity index is 1270. The van der Waals surface area contributed by atoms with Crippen LogP contribution in [0.2, 0.25) is 0 Å². The van der Waals surface area contributed by atoms with Gasteiger partial charge in [0.25, 0.3) is 0 Å². The van der Waals surface area contributed by atoms with E-state index in [9.17, 15) is 24.9 Å². The number of carbonyl (C=O) groups is 2. The number of cyclic esters (lactones) is 1. The van der Waals surface area contributed by atoms with Gasteiger partial charge in [-0.15, -0.1) is 6.58 Å². The van der Waals surface area contributed by atoms with Crippen LogP contribution >= 0.6 is 0 Å². The number of fused-ring (bicyclic) bond motifs is 1. The Labute approximate surface area is 266 Å². The summed E-state index contributed by atoms with van der Waals surface area (Å²) in [5.74, 6) is 0.669. The molecule has 4 N–H and O–H groups in total. The highest BCUT2D eigenvalue weighted by molar-refractivity contribution is 5.72. The molecular formula is C36H60O8. The molecule has 2 aliphatic heterocycles. The van der Waals surface area contributed by atoms with Crippen molar-refractivity contribution in [3.8, 4) is 23.0 Å². The number of carboxylic acid groups (broad SMARTS) is 1. The van der Waals surface area contributed by atoms with Gasteiger partial charge < -0.3 is 29.9 Å². The van der Waals surface area contributed by atoms with Crippen LogP contribution in [0.5, 0.6) is 23.0 Å². The summed E-state index contributed by atoms with van der Waals surface area (Å²) in [4.78, 5) is 21.6. The van der Waals surface area contributed by atoms with E-state index in [1.165, 1.54) is 0 Å². The van der Waals surface area contributed by atoms with Crippen molar-refractivity contribution >= 4 is 11.9 Å². The second-order valence-electron chi connectivity index (χ2n) is 11.4. The normalized spacial score (nSPS) is 19.1. The Balaban J connectivity index is -0.000000585. The Morgan fingerprint density at radius 3 is 1.82 bits per heavy atom. The molecule has 8 nitrogen and oxygen atoms in total. The second kappa shape index (κ2) is 17.6. The average Bonchev–Trinajstić information content (AvgIpc) is 3.21. The molecule has 4 rings (SSSR count). The third-order valence-corrected chi connectivity index (χ3v) is 7.94. The van der Waals surface area contributed by atoms with Gasteiger partial charge in [0, 0.05) is 18.4 Å². The molecule has 2 aromatic rings. The first-order valence-electron chi connectivity index (χ1n) is 13.5. The van der Waals surface area contributed by atoms with Crippen LogP contribution in [0.15, 0.2) is 18.7 Å². The molecule has 2 aromatic carbocycles. The molecule has 1 fully saturated rings. The van der Waals surface area contributed by atoms with Crippen molar-refractivity contribution in [1.82, 2.24) is 0 Å². The molecule has 0 spiro atoms. The highest BCUT2D eigenvalue weighted by Crippen LogP contribution is 2.44. The standard InChI is InChI=1S/C15H20O4.C9H12O2.C8H12O2.4CH4/c1-8-9(2)14-11(10(3)13(8)18)5-6-15(4,19-14)7-12(16)17;1-5-4-8(10)6(2)7(3)9(5)11;1-3-5-8(2)6-4-7(9)10-8;;;;/h18H,5-7H2,1-4H3,(H,16,17);4,10-11H,1-3H3;3H,1,4-6H2,2H3;4*1H4. The van der Waals surface area contributed by atoms with E-state index >= 15 is 0 Å². The summed E-state index contributed by atoms with van der Waals surface area (Å²) in [6.45, 7) is 18.4. The number of hydrogen-bond acceptors (Lipinski definition) is 7. The monoisotopic (exact) mass is 620 g/mol. The maximum atomic E-state index is 10.9. The van der Waals surface area contributed by atoms with Gasteiger partial charge in [-0.05, 0) is 114 Å². The second-order valence-corrected chi connectivity index (χ2v) is 11.4. The quantitative estimate of drug-likeness (QED) is 0.151. The summed E-state index contributed by atoms with van der Waals surface area (Å²) in [6, 6.07) is 1.57. The number of rotatable bonds is 4. The van der Waals surface area contributed by atoms with Gasteiger partial charge in [-0.3, -0.25) is 9.59 Å². The smallest absolute Gasteiger partial charge is 0.307 e. The van der Waals surface area contributed by atoms with E-state index in [2.05, 4.69) is 6.58 Å². The number of phenols is 3. The number of aromatic hydroxyl groups is 3. The lowest BCUT2D eigenvalue weighted by molar-refractivity contribution is -0.147. The maximum absolute atomic E-state index is 10.9. The first-order chi connectivity index (χ1) is 18.4. The molecule has 2 heterocycles. The number of phenolic OH excluding ortho intramolecular Hbond substituents is 3. The molecule has 0 saturated carbocycles. The molecule has 0 amide bonds. The molecule has 0 radical (unpaired) electrons. The zero-order valence-corrected chi connectivity index (χ0v) is 25.0. The first kappa shape index (κ1) is 44.8. The Morgan fingerprint density at radius 2 is 1.34 bits per heavy atom. The van der Waals surface area contributed by atoms with Crippen molar-refractivity contribution in [2.45, 2.75) is 135 Å². The minimum Gasteiger partial charge on any atom is -0.508 e. The summed E-state index contributed by atoms with van der Waals surface area (Å²) in [5.41, 5.74) is 4.84. The van der Waals surface area contributed by atoms with Crippen molar-refractivity contribution in [2.24, 2.45) is 0 Å². The van der Waals surface area contributed by atoms with E-state index in [1.54, 1.807) is 32.9 Å². The van der Waals surface area contributed by atoms with E-state index in [0.29, 0.717) is 24.2 Å². The van der Waals surface area contributed by atoms with Crippen molar-refractivity contribution in [1.29, 1.82) is 0 Å². The van der Waals surface area contributed by atoms with E-state index in [4.69, 9.17) is 14.6 Å². The molecule has 2 aliphatic rings. The number of aliphatic carboxylic acids is 1. The van der Waals surface area contributed by atoms with Gasteiger partial charge >= 0.3 is 11.9 Å². The lowest BCUT2D eigenvalue weighted by atomic mass is 9.85. The molecule has 2 atom stereocenters. The highest BCUT2D eigenvalue weighted by atomic mass is 16.6. The van der Waals surface area contributed by atoms with Crippen molar-refractivity contribution < 1.29 is 39.5 Å². The van der Waals surface area contributed by atoms with Crippen LogP contribution in [0, 0.1) is 41.5 Å². The zero-order valence-electron chi connectivity index (χ0n) is 25.0. The van der Waals surface area contributed by atoms with Gasteiger partial charge in [-0.2, -0.15) is 0 Å². The van der Waals surface area contributed by atoms with Crippen LogP contribution in [-0.2, 0) is 20.7 Å². The lowest BCUT2D eigenvalue weighted by Crippen LogP contribution is -2.39. The average molecular weight is 621 g/mol. The van der Waals surface area contributed by atoms with Gasteiger partial charge in [0.2, 0.25) is 0 Å². The van der Waals surface area contributed by atoms with E-state index in [0.717, 1.165) is 58.4 Å². The summed E-state index contributed by atoms with van der Waals surface area (Å²) in [7, 11) is 0. The van der Waals surface area contributed by atoms with Gasteiger partial charge in [-0.1, -0.05) is 35.8 Å². The molecule has 0 aromatic heterocycles. The number of aryl methyl sites for hydroxylation is 1. The summed E-state index contributed by atoms with van der Waals surface area (Å²) >= 11 is 0. The molecule has 8 heteroatoms. The Kier molecular flexibility index (Phi) is 17.9. The largest absolute Gasteiger partial charge is 0.508 e. The Hall–Kier alpha value is -3.68. The fraction of sp³-hybridized carbons (Fsp3) is 0.556. The number of carboxylic acids is 1. The minimum absolute atomic E-state index is 0. The lowest BCUT2D eigenvalue weighted by Gasteiger charge is -2.37. The molecule has 0 bridgehead atoms. The van der Waals surface area contributed by atoms with Crippen molar-refractivity contribution in [3.05, 3.63) is 57.7 Å². The fourth-order valence-electron chi connectivity index (χ4n) is 4.98. The van der Waals surface area contributed by atoms with Crippen molar-refractivity contribution in [3.63, 3.8) is 0 Å². The van der Waals surface area contributed by atoms with Gasteiger partial charge in [0.1, 0.15) is 34.2 Å². The van der Waals surface area contributed by atoms with Crippen LogP contribution < -0.4 is 4.74 Å². The van der Waals surface area contributed by atoms with Crippen LogP contribution in [0.1, 0.15) is 115 Å². The number of carbonyl (C=O) groups excluding carboxylic acids is 1. The minimum atomic E-state index is -0.851. The number of benzene rings is 2. The van der Waals surface area contributed by atoms with E-state index < -0.39 is 11.6 Å². The third kappa shape index (κ3) is 10.5. The van der Waals surface area contributed by atoms with Gasteiger partial charge in [0.05, 0.1) is 6.42 Å². The summed E-state index contributed by atoms with van der Waals surface area (Å²) in [5, 5.41) is 37.7. The van der Waals surface area contributed by atoms with Crippen molar-refractivity contribution in [2.75, 3.05) is 0 Å². The van der Waals surface area contributed by atoms with Gasteiger partial charge in [0.15, 0.2) is 0 Å². The number of esters is 1. The zero-order chi connectivity index (χ0) is 30.6. The summed E-state index contributed by atoms with van der Waals surface area (Å²) < 4.78 is 11.1. The SMILES string of the molecule is C.C.C.C.C=CCC1(C)CCC(=O)O1.Cc1c(C)c2c(c(C)c1O)CCC(C)(CC(=O)O)O2.Cc1cc(O)c(C)c(C)c1O. The molecule has 0 aliphatic carbocycles. The summed E-state index contributed by atoms with van der Waals surface area (Å²) in [6.07, 6.45) is 5.32. The molecule has 252 valence electrons. The maximum Gasteiger partial charge on any atom is 0.307 e. The predicted molar refractivity (Wildman–Crippen MR) is 181 cm³/mol. The number of ether oxygens (including phenoxy) is 2. The molecule has 1 saturated heterocycles. The van der Waals surface area contributed by atoms with E-state index in [-0.39, 0.29) is 59.2 Å². The molecule has 2 unspecified atom stereocenters. The van der Waals surface area contributed by atoms with Crippen LogP contribution in [0.25, 0.3) is 0 Å². The first-order valence-corrected chi connectivity index (χ1v) is 13.5. The number of hydrogen-bond donors (Lipinski definition) is 4.